The fourth-order valence-electron chi connectivity index (χ4n) is 3.50. The summed E-state index contributed by atoms with van der Waals surface area (Å²) in [5.74, 6) is 0.258. The van der Waals surface area contributed by atoms with Gasteiger partial charge in [-0.2, -0.15) is 0 Å². The van der Waals surface area contributed by atoms with Gasteiger partial charge in [-0.25, -0.2) is 9.97 Å². The van der Waals surface area contributed by atoms with Crippen molar-refractivity contribution in [2.24, 2.45) is 0 Å². The zero-order valence-electron chi connectivity index (χ0n) is 14.9. The lowest BCUT2D eigenvalue weighted by atomic mass is 10.1. The van der Waals surface area contributed by atoms with E-state index in [9.17, 15) is 14.4 Å². The molecule has 8 heteroatoms. The Labute approximate surface area is 156 Å². The monoisotopic (exact) mass is 365 g/mol. The molecule has 2 saturated heterocycles. The minimum absolute atomic E-state index is 0.0681. The SMILES string of the molecule is CN1CC(=O)N2CCN(C(=O)c3ccc(-c4ncccn4)cc3)C[C@@H]2C1=O. The van der Waals surface area contributed by atoms with E-state index in [1.165, 1.54) is 4.90 Å². The highest BCUT2D eigenvalue weighted by molar-refractivity contribution is 5.98. The molecule has 2 aliphatic heterocycles. The molecule has 138 valence electrons. The van der Waals surface area contributed by atoms with Crippen molar-refractivity contribution in [3.63, 3.8) is 0 Å². The van der Waals surface area contributed by atoms with Crippen LogP contribution in [0.4, 0.5) is 0 Å². The van der Waals surface area contributed by atoms with Crippen LogP contribution in [0, 0.1) is 0 Å². The number of hydrogen-bond acceptors (Lipinski definition) is 5. The maximum atomic E-state index is 12.9. The van der Waals surface area contributed by atoms with Gasteiger partial charge in [0.1, 0.15) is 6.04 Å². The Morgan fingerprint density at radius 2 is 1.78 bits per heavy atom. The molecule has 27 heavy (non-hydrogen) atoms. The first kappa shape index (κ1) is 17.1. The van der Waals surface area contributed by atoms with Gasteiger partial charge < -0.3 is 14.7 Å². The van der Waals surface area contributed by atoms with Crippen molar-refractivity contribution in [1.29, 1.82) is 0 Å². The van der Waals surface area contributed by atoms with Crippen LogP contribution in [0.5, 0.6) is 0 Å². The molecule has 0 saturated carbocycles. The number of aromatic nitrogens is 2. The van der Waals surface area contributed by atoms with Crippen molar-refractivity contribution in [2.45, 2.75) is 6.04 Å². The summed E-state index contributed by atoms with van der Waals surface area (Å²) in [5.41, 5.74) is 1.36. The van der Waals surface area contributed by atoms with Crippen LogP contribution in [-0.4, -0.2) is 81.7 Å². The number of amides is 3. The third-order valence-electron chi connectivity index (χ3n) is 4.98. The molecule has 1 aromatic carbocycles. The maximum absolute atomic E-state index is 12.9. The topological polar surface area (TPSA) is 86.7 Å². The minimum Gasteiger partial charge on any atom is -0.335 e. The Morgan fingerprint density at radius 3 is 2.48 bits per heavy atom. The minimum atomic E-state index is -0.592. The molecule has 0 aliphatic carbocycles. The number of hydrogen-bond donors (Lipinski definition) is 0. The molecule has 2 aromatic rings. The van der Waals surface area contributed by atoms with Crippen LogP contribution in [0.3, 0.4) is 0 Å². The first-order valence-corrected chi connectivity index (χ1v) is 8.76. The highest BCUT2D eigenvalue weighted by atomic mass is 16.2. The van der Waals surface area contributed by atoms with Crippen LogP contribution in [0.15, 0.2) is 42.7 Å². The van der Waals surface area contributed by atoms with Crippen molar-refractivity contribution in [3.05, 3.63) is 48.3 Å². The molecule has 8 nitrogen and oxygen atoms in total. The van der Waals surface area contributed by atoms with Gasteiger partial charge in [-0.3, -0.25) is 14.4 Å². The fraction of sp³-hybridized carbons (Fsp3) is 0.316. The van der Waals surface area contributed by atoms with Gasteiger partial charge in [-0.15, -0.1) is 0 Å². The summed E-state index contributed by atoms with van der Waals surface area (Å²) in [6, 6.07) is 8.24. The Kier molecular flexibility index (Phi) is 4.31. The summed E-state index contributed by atoms with van der Waals surface area (Å²) in [6.45, 7) is 1.12. The lowest BCUT2D eigenvalue weighted by molar-refractivity contribution is -0.157. The first-order valence-electron chi connectivity index (χ1n) is 8.76. The maximum Gasteiger partial charge on any atom is 0.253 e. The highest BCUT2D eigenvalue weighted by Gasteiger charge is 2.42. The molecule has 2 aliphatic rings. The van der Waals surface area contributed by atoms with E-state index in [2.05, 4.69) is 9.97 Å². The van der Waals surface area contributed by atoms with Gasteiger partial charge in [-0.1, -0.05) is 12.1 Å². The Bertz CT molecular complexity index is 884. The van der Waals surface area contributed by atoms with Crippen LogP contribution in [-0.2, 0) is 9.59 Å². The third-order valence-corrected chi connectivity index (χ3v) is 4.98. The largest absolute Gasteiger partial charge is 0.335 e. The third kappa shape index (κ3) is 3.14. The number of nitrogens with zero attached hydrogens (tertiary/aromatic N) is 5. The van der Waals surface area contributed by atoms with Gasteiger partial charge in [0.2, 0.25) is 11.8 Å². The van der Waals surface area contributed by atoms with Gasteiger partial charge in [0.15, 0.2) is 5.82 Å². The first-order chi connectivity index (χ1) is 13.0. The molecule has 0 N–H and O–H groups in total. The molecule has 1 atom stereocenters. The van der Waals surface area contributed by atoms with Crippen LogP contribution < -0.4 is 0 Å². The van der Waals surface area contributed by atoms with Crippen LogP contribution in [0.25, 0.3) is 11.4 Å². The summed E-state index contributed by atoms with van der Waals surface area (Å²) < 4.78 is 0. The second kappa shape index (κ2) is 6.79. The molecular formula is C19H19N5O3. The summed E-state index contributed by atoms with van der Waals surface area (Å²) in [4.78, 5) is 50.4. The van der Waals surface area contributed by atoms with E-state index in [1.807, 2.05) is 12.1 Å². The fourth-order valence-corrected chi connectivity index (χ4v) is 3.50. The Morgan fingerprint density at radius 1 is 1.07 bits per heavy atom. The van der Waals surface area contributed by atoms with Gasteiger partial charge in [0.25, 0.3) is 5.91 Å². The van der Waals surface area contributed by atoms with Crippen molar-refractivity contribution < 1.29 is 14.4 Å². The van der Waals surface area contributed by atoms with Crippen molar-refractivity contribution in [2.75, 3.05) is 33.2 Å². The van der Waals surface area contributed by atoms with E-state index in [1.54, 1.807) is 47.4 Å². The number of carbonyl (C=O) groups is 3. The number of likely N-dealkylation sites (N-methyl/N-ethyl adjacent to an activating group) is 1. The number of fused-ring (bicyclic) bond motifs is 1. The summed E-state index contributed by atoms with van der Waals surface area (Å²) in [7, 11) is 1.61. The Hall–Kier alpha value is -3.29. The molecule has 0 unspecified atom stereocenters. The van der Waals surface area contributed by atoms with Crippen LogP contribution in [0.2, 0.25) is 0 Å². The molecule has 0 bridgehead atoms. The quantitative estimate of drug-likeness (QED) is 0.762. The molecule has 2 fully saturated rings. The van der Waals surface area contributed by atoms with Crippen LogP contribution >= 0.6 is 0 Å². The predicted molar refractivity (Wildman–Crippen MR) is 96.5 cm³/mol. The lowest BCUT2D eigenvalue weighted by Gasteiger charge is -2.45. The number of carbonyl (C=O) groups excluding carboxylic acids is 3. The molecule has 3 amide bonds. The highest BCUT2D eigenvalue weighted by Crippen LogP contribution is 2.20. The second-order valence-electron chi connectivity index (χ2n) is 6.70. The lowest BCUT2D eigenvalue weighted by Crippen LogP contribution is -2.66. The zero-order valence-corrected chi connectivity index (χ0v) is 14.9. The zero-order chi connectivity index (χ0) is 19.0. The normalized spacial score (nSPS) is 19.9. The number of piperazine rings is 2. The van der Waals surface area contributed by atoms with E-state index in [0.29, 0.717) is 24.5 Å². The molecular weight excluding hydrogens is 346 g/mol. The van der Waals surface area contributed by atoms with E-state index >= 15 is 0 Å². The Balaban J connectivity index is 1.50. The molecule has 4 rings (SSSR count). The molecule has 1 aromatic heterocycles. The molecule has 3 heterocycles. The average Bonchev–Trinajstić information content (AvgIpc) is 2.72. The number of rotatable bonds is 2. The average molecular weight is 365 g/mol. The predicted octanol–water partition coefficient (Wildman–Crippen LogP) is 0.269. The van der Waals surface area contributed by atoms with Crippen molar-refractivity contribution >= 4 is 17.7 Å². The van der Waals surface area contributed by atoms with Gasteiger partial charge >= 0.3 is 0 Å². The van der Waals surface area contributed by atoms with Crippen molar-refractivity contribution in [1.82, 2.24) is 24.7 Å². The van der Waals surface area contributed by atoms with Gasteiger partial charge in [0, 0.05) is 43.7 Å². The van der Waals surface area contributed by atoms with Gasteiger partial charge in [-0.05, 0) is 18.2 Å². The molecule has 0 spiro atoms. The van der Waals surface area contributed by atoms with Crippen molar-refractivity contribution in [3.8, 4) is 11.4 Å². The summed E-state index contributed by atoms with van der Waals surface area (Å²) in [5, 5.41) is 0. The number of benzene rings is 1. The summed E-state index contributed by atoms with van der Waals surface area (Å²) >= 11 is 0. The van der Waals surface area contributed by atoms with Crippen LogP contribution in [0.1, 0.15) is 10.4 Å². The smallest absolute Gasteiger partial charge is 0.253 e. The van der Waals surface area contributed by atoms with E-state index < -0.39 is 6.04 Å². The van der Waals surface area contributed by atoms with E-state index in [-0.39, 0.29) is 30.8 Å². The van der Waals surface area contributed by atoms with E-state index in [0.717, 1.165) is 5.56 Å². The molecule has 0 radical (unpaired) electrons. The van der Waals surface area contributed by atoms with Gasteiger partial charge in [0.05, 0.1) is 13.1 Å². The van der Waals surface area contributed by atoms with E-state index in [4.69, 9.17) is 0 Å². The summed E-state index contributed by atoms with van der Waals surface area (Å²) in [6.07, 6.45) is 3.33. The standard InChI is InChI=1S/C19H19N5O3/c1-22-12-16(25)24-10-9-23(11-15(24)19(22)27)18(26)14-5-3-13(4-6-14)17-20-7-2-8-21-17/h2-8,15H,9-12H2,1H3/t15-/m1/s1. The second-order valence-corrected chi connectivity index (χ2v) is 6.70.